The van der Waals surface area contributed by atoms with Gasteiger partial charge < -0.3 is 9.32 Å². The van der Waals surface area contributed by atoms with Crippen molar-refractivity contribution >= 4 is 49.8 Å². The van der Waals surface area contributed by atoms with Gasteiger partial charge in [-0.15, -0.1) is 0 Å². The van der Waals surface area contributed by atoms with Gasteiger partial charge in [0.2, 0.25) is 0 Å². The minimum Gasteiger partial charge on any atom is -0.456 e. The van der Waals surface area contributed by atoms with E-state index in [2.05, 4.69) is 254 Å². The van der Waals surface area contributed by atoms with Gasteiger partial charge in [0.25, 0.3) is 0 Å². The molecular formula is C65H41NO. The summed E-state index contributed by atoms with van der Waals surface area (Å²) in [6.45, 7) is 0. The highest BCUT2D eigenvalue weighted by molar-refractivity contribution is 6.23. The minimum absolute atomic E-state index is 0.479. The van der Waals surface area contributed by atoms with Gasteiger partial charge in [0.15, 0.2) is 0 Å². The van der Waals surface area contributed by atoms with Crippen molar-refractivity contribution in [2.45, 2.75) is 5.41 Å². The first-order valence-corrected chi connectivity index (χ1v) is 23.2. The predicted octanol–water partition coefficient (Wildman–Crippen LogP) is 17.6. The highest BCUT2D eigenvalue weighted by Gasteiger charge is 2.51. The smallest absolute Gasteiger partial charge is 0.138 e. The Balaban J connectivity index is 1.04. The first-order chi connectivity index (χ1) is 33.2. The third-order valence-corrected chi connectivity index (χ3v) is 14.5. The Morgan fingerprint density at radius 2 is 0.776 bits per heavy atom. The molecule has 2 aliphatic rings. The molecule has 0 saturated carbocycles. The van der Waals surface area contributed by atoms with Gasteiger partial charge in [-0.25, -0.2) is 0 Å². The van der Waals surface area contributed by atoms with E-state index in [1.165, 1.54) is 77.5 Å². The number of furan rings is 1. The van der Waals surface area contributed by atoms with Gasteiger partial charge in [-0.05, 0) is 125 Å². The fourth-order valence-corrected chi connectivity index (χ4v) is 11.6. The Bertz CT molecular complexity index is 3840. The van der Waals surface area contributed by atoms with Crippen molar-refractivity contribution in [2.75, 3.05) is 4.90 Å². The molecule has 1 aromatic heterocycles. The van der Waals surface area contributed by atoms with Gasteiger partial charge >= 0.3 is 0 Å². The molecule has 11 aromatic carbocycles. The van der Waals surface area contributed by atoms with E-state index in [1.807, 2.05) is 0 Å². The van der Waals surface area contributed by atoms with Crippen molar-refractivity contribution in [1.82, 2.24) is 0 Å². The number of hydrogen-bond acceptors (Lipinski definition) is 2. The average Bonchev–Trinajstić information content (AvgIpc) is 4.04. The maximum absolute atomic E-state index is 7.00. The third-order valence-electron chi connectivity index (χ3n) is 14.5. The van der Waals surface area contributed by atoms with E-state index in [4.69, 9.17) is 4.42 Å². The van der Waals surface area contributed by atoms with Crippen LogP contribution in [0, 0.1) is 0 Å². The summed E-state index contributed by atoms with van der Waals surface area (Å²) in [5.41, 5.74) is 21.8. The number of fused-ring (bicyclic) bond motifs is 15. The van der Waals surface area contributed by atoms with Crippen LogP contribution in [-0.4, -0.2) is 0 Å². The van der Waals surface area contributed by atoms with Crippen LogP contribution in [0.15, 0.2) is 253 Å². The van der Waals surface area contributed by atoms with Crippen molar-refractivity contribution in [3.05, 3.63) is 271 Å². The van der Waals surface area contributed by atoms with Crippen molar-refractivity contribution in [1.29, 1.82) is 0 Å². The number of nitrogens with zero attached hydrogens (tertiary/aromatic N) is 1. The summed E-state index contributed by atoms with van der Waals surface area (Å²) in [4.78, 5) is 2.44. The molecular weight excluding hydrogens is 811 g/mol. The van der Waals surface area contributed by atoms with Crippen LogP contribution >= 0.6 is 0 Å². The molecule has 0 bridgehead atoms. The topological polar surface area (TPSA) is 16.4 Å². The van der Waals surface area contributed by atoms with E-state index in [0.29, 0.717) is 0 Å². The molecule has 12 aromatic rings. The number of rotatable bonds is 6. The van der Waals surface area contributed by atoms with Crippen LogP contribution in [0.4, 0.5) is 17.1 Å². The molecule has 0 atom stereocenters. The Morgan fingerprint density at radius 1 is 0.284 bits per heavy atom. The van der Waals surface area contributed by atoms with Gasteiger partial charge in [0, 0.05) is 28.2 Å². The minimum atomic E-state index is -0.479. The molecule has 0 fully saturated rings. The van der Waals surface area contributed by atoms with Crippen molar-refractivity contribution in [3.63, 3.8) is 0 Å². The van der Waals surface area contributed by atoms with Crippen LogP contribution in [0.2, 0.25) is 0 Å². The van der Waals surface area contributed by atoms with E-state index < -0.39 is 5.41 Å². The fraction of sp³-hybridized carbons (Fsp3) is 0.0154. The lowest BCUT2D eigenvalue weighted by atomic mass is 9.70. The lowest BCUT2D eigenvalue weighted by Gasteiger charge is -2.32. The maximum atomic E-state index is 7.00. The first kappa shape index (κ1) is 37.6. The maximum Gasteiger partial charge on any atom is 0.138 e. The molecule has 2 nitrogen and oxygen atoms in total. The molecule has 1 heterocycles. The van der Waals surface area contributed by atoms with E-state index in [-0.39, 0.29) is 0 Å². The highest BCUT2D eigenvalue weighted by atomic mass is 16.3. The van der Waals surface area contributed by atoms with Gasteiger partial charge in [-0.3, -0.25) is 0 Å². The quantitative estimate of drug-likeness (QED) is 0.166. The van der Waals surface area contributed by atoms with E-state index in [9.17, 15) is 0 Å². The summed E-state index contributed by atoms with van der Waals surface area (Å²) in [5.74, 6) is 0. The molecule has 0 radical (unpaired) electrons. The first-order valence-electron chi connectivity index (χ1n) is 23.2. The van der Waals surface area contributed by atoms with E-state index in [0.717, 1.165) is 50.1 Å². The standard InChI is InChI=1S/C65H41NO/c1-3-15-42(16-4-1)44-27-29-47(30-28-44)56-39-50(41-62-64(56)63-51-20-8-7-19-46(51)33-38-61(63)67-62)66(48-34-31-45(32-35-48)43-17-5-2-6-18-43)49-36-37-55-54-23-11-14-26-59(54)65(60(55)40-49)57-24-12-9-21-52(57)53-22-10-13-25-58(53)65/h1-41H. The molecule has 312 valence electrons. The zero-order chi connectivity index (χ0) is 44.1. The van der Waals surface area contributed by atoms with Crippen molar-refractivity contribution < 1.29 is 4.42 Å². The second kappa shape index (κ2) is 14.7. The van der Waals surface area contributed by atoms with Crippen LogP contribution in [0.3, 0.4) is 0 Å². The predicted molar refractivity (Wildman–Crippen MR) is 279 cm³/mol. The summed E-state index contributed by atoms with van der Waals surface area (Å²) >= 11 is 0. The summed E-state index contributed by atoms with van der Waals surface area (Å²) in [7, 11) is 0. The van der Waals surface area contributed by atoms with Gasteiger partial charge in [0.05, 0.1) is 11.1 Å². The van der Waals surface area contributed by atoms with Gasteiger partial charge in [0.1, 0.15) is 11.2 Å². The molecule has 67 heavy (non-hydrogen) atoms. The summed E-state index contributed by atoms with van der Waals surface area (Å²) in [6, 6.07) is 91.2. The number of benzene rings is 11. The third kappa shape index (κ3) is 5.57. The van der Waals surface area contributed by atoms with Crippen LogP contribution in [0.25, 0.3) is 88.3 Å². The zero-order valence-electron chi connectivity index (χ0n) is 36.5. The van der Waals surface area contributed by atoms with Gasteiger partial charge in [-0.1, -0.05) is 206 Å². The van der Waals surface area contributed by atoms with Crippen molar-refractivity contribution in [3.8, 4) is 55.6 Å². The van der Waals surface area contributed by atoms with Crippen LogP contribution in [0.1, 0.15) is 22.3 Å². The SMILES string of the molecule is c1ccc(-c2ccc(-c3cc(N(c4ccc(-c5ccccc5)cc4)c4ccc5c(c4)C4(c6ccccc6-c6ccccc64)c4ccccc4-5)cc4oc5ccc6ccccc6c5c34)cc2)cc1. The molecule has 0 amide bonds. The van der Waals surface area contributed by atoms with Crippen LogP contribution < -0.4 is 4.90 Å². The van der Waals surface area contributed by atoms with E-state index in [1.54, 1.807) is 0 Å². The molecule has 0 saturated heterocycles. The largest absolute Gasteiger partial charge is 0.456 e. The summed E-state index contributed by atoms with van der Waals surface area (Å²) < 4.78 is 7.00. The van der Waals surface area contributed by atoms with Gasteiger partial charge in [-0.2, -0.15) is 0 Å². The Hall–Kier alpha value is -8.72. The van der Waals surface area contributed by atoms with Crippen molar-refractivity contribution in [2.24, 2.45) is 0 Å². The summed E-state index contributed by atoms with van der Waals surface area (Å²) in [5, 5.41) is 4.62. The number of anilines is 3. The number of hydrogen-bond donors (Lipinski definition) is 0. The molecule has 2 aliphatic carbocycles. The highest BCUT2D eigenvalue weighted by Crippen LogP contribution is 2.63. The lowest BCUT2D eigenvalue weighted by molar-refractivity contribution is 0.669. The lowest BCUT2D eigenvalue weighted by Crippen LogP contribution is -2.26. The molecule has 0 N–H and O–H groups in total. The molecule has 14 rings (SSSR count). The van der Waals surface area contributed by atoms with E-state index >= 15 is 0 Å². The monoisotopic (exact) mass is 851 g/mol. The Morgan fingerprint density at radius 3 is 1.40 bits per heavy atom. The Kier molecular flexibility index (Phi) is 8.23. The molecule has 0 unspecified atom stereocenters. The average molecular weight is 852 g/mol. The second-order valence-corrected chi connectivity index (χ2v) is 17.9. The van der Waals surface area contributed by atoms with Crippen LogP contribution in [0.5, 0.6) is 0 Å². The fourth-order valence-electron chi connectivity index (χ4n) is 11.6. The molecule has 1 spiro atoms. The molecule has 0 aliphatic heterocycles. The molecule has 2 heteroatoms. The summed E-state index contributed by atoms with van der Waals surface area (Å²) in [6.07, 6.45) is 0. The Labute approximate surface area is 389 Å². The second-order valence-electron chi connectivity index (χ2n) is 17.9. The normalized spacial score (nSPS) is 12.9. The zero-order valence-corrected chi connectivity index (χ0v) is 36.5. The van der Waals surface area contributed by atoms with Crippen LogP contribution in [-0.2, 0) is 5.41 Å².